The molecule has 0 amide bonds. The first-order valence-electron chi connectivity index (χ1n) is 4.85. The second-order valence-corrected chi connectivity index (χ2v) is 3.51. The highest BCUT2D eigenvalue weighted by atomic mass is 16.3. The van der Waals surface area contributed by atoms with E-state index in [1.165, 1.54) is 0 Å². The molecule has 0 unspecified atom stereocenters. The van der Waals surface area contributed by atoms with Gasteiger partial charge in [0.25, 0.3) is 0 Å². The van der Waals surface area contributed by atoms with Gasteiger partial charge >= 0.3 is 0 Å². The Bertz CT molecular complexity index is 130. The second-order valence-electron chi connectivity index (χ2n) is 3.51. The molecule has 1 rings (SSSR count). The molecule has 1 saturated carbocycles. The van der Waals surface area contributed by atoms with E-state index in [-0.39, 0.29) is 6.04 Å². The summed E-state index contributed by atoms with van der Waals surface area (Å²) in [6.07, 6.45) is 2.74. The van der Waals surface area contributed by atoms with Crippen LogP contribution < -0.4 is 5.32 Å². The maximum atomic E-state index is 9.64. The third kappa shape index (κ3) is 2.44. The molecular weight excluding hydrogens is 154 g/mol. The third-order valence-corrected chi connectivity index (χ3v) is 2.54. The average Bonchev–Trinajstić information content (AvgIpc) is 2.20. The van der Waals surface area contributed by atoms with Gasteiger partial charge in [-0.3, -0.25) is 0 Å². The number of rotatable bonds is 2. The summed E-state index contributed by atoms with van der Waals surface area (Å²) in [5.41, 5.74) is 0. The van der Waals surface area contributed by atoms with Crippen molar-refractivity contribution in [2.45, 2.75) is 50.9 Å². The molecule has 3 heteroatoms. The van der Waals surface area contributed by atoms with Crippen molar-refractivity contribution in [3.63, 3.8) is 0 Å². The molecule has 0 radical (unpaired) electrons. The molecule has 1 fully saturated rings. The minimum atomic E-state index is -0.576. The molecule has 1 aliphatic carbocycles. The highest BCUT2D eigenvalue weighted by molar-refractivity contribution is 4.84. The molecular formula is C9H19NO2. The lowest BCUT2D eigenvalue weighted by Crippen LogP contribution is -2.44. The van der Waals surface area contributed by atoms with Gasteiger partial charge in [-0.2, -0.15) is 0 Å². The van der Waals surface area contributed by atoms with Crippen LogP contribution in [-0.2, 0) is 0 Å². The lowest BCUT2D eigenvalue weighted by Gasteiger charge is -2.24. The summed E-state index contributed by atoms with van der Waals surface area (Å²) in [7, 11) is 0. The maximum absolute atomic E-state index is 9.64. The molecule has 1 aliphatic rings. The SMILES string of the molecule is CCN[C@H]1CCCC[C@@H](O)[C@H]1O. The second kappa shape index (κ2) is 4.80. The van der Waals surface area contributed by atoms with Crippen molar-refractivity contribution in [1.82, 2.24) is 5.32 Å². The molecule has 0 spiro atoms. The molecule has 0 aromatic carbocycles. The Labute approximate surface area is 73.8 Å². The number of aliphatic hydroxyl groups excluding tert-OH is 2. The van der Waals surface area contributed by atoms with Crippen molar-refractivity contribution < 1.29 is 10.2 Å². The largest absolute Gasteiger partial charge is 0.390 e. The van der Waals surface area contributed by atoms with Crippen molar-refractivity contribution in [2.75, 3.05) is 6.54 Å². The van der Waals surface area contributed by atoms with E-state index in [9.17, 15) is 10.2 Å². The number of hydrogen-bond acceptors (Lipinski definition) is 3. The Kier molecular flexibility index (Phi) is 3.98. The Balaban J connectivity index is 2.46. The Morgan fingerprint density at radius 2 is 1.92 bits per heavy atom. The van der Waals surface area contributed by atoms with Gasteiger partial charge in [-0.1, -0.05) is 19.8 Å². The summed E-state index contributed by atoms with van der Waals surface area (Å²) in [6.45, 7) is 2.87. The van der Waals surface area contributed by atoms with Gasteiger partial charge in [0.2, 0.25) is 0 Å². The van der Waals surface area contributed by atoms with Gasteiger partial charge < -0.3 is 15.5 Å². The lowest BCUT2D eigenvalue weighted by atomic mass is 10.0. The number of nitrogens with one attached hydrogen (secondary N) is 1. The van der Waals surface area contributed by atoms with E-state index in [1.807, 2.05) is 6.92 Å². The van der Waals surface area contributed by atoms with Crippen LogP contribution in [0.25, 0.3) is 0 Å². The highest BCUT2D eigenvalue weighted by Crippen LogP contribution is 2.18. The molecule has 0 aromatic rings. The van der Waals surface area contributed by atoms with Gasteiger partial charge in [0.15, 0.2) is 0 Å². The lowest BCUT2D eigenvalue weighted by molar-refractivity contribution is -0.00157. The summed E-state index contributed by atoms with van der Waals surface area (Å²) >= 11 is 0. The molecule has 0 saturated heterocycles. The summed E-state index contributed by atoms with van der Waals surface area (Å²) in [5.74, 6) is 0. The minimum absolute atomic E-state index is 0.0903. The van der Waals surface area contributed by atoms with Crippen LogP contribution in [0.2, 0.25) is 0 Å². The summed E-state index contributed by atoms with van der Waals surface area (Å²) in [4.78, 5) is 0. The molecule has 3 N–H and O–H groups in total. The molecule has 72 valence electrons. The predicted molar refractivity (Wildman–Crippen MR) is 47.9 cm³/mol. The molecule has 0 heterocycles. The van der Waals surface area contributed by atoms with Crippen LogP contribution in [0.5, 0.6) is 0 Å². The van der Waals surface area contributed by atoms with Crippen molar-refractivity contribution in [1.29, 1.82) is 0 Å². The molecule has 0 bridgehead atoms. The summed E-state index contributed by atoms with van der Waals surface area (Å²) in [6, 6.07) is 0.0903. The van der Waals surface area contributed by atoms with Crippen LogP contribution in [0.3, 0.4) is 0 Å². The molecule has 0 aliphatic heterocycles. The minimum Gasteiger partial charge on any atom is -0.390 e. The van der Waals surface area contributed by atoms with Gasteiger partial charge in [-0.05, 0) is 19.4 Å². The number of aliphatic hydroxyl groups is 2. The van der Waals surface area contributed by atoms with E-state index in [1.54, 1.807) is 0 Å². The van der Waals surface area contributed by atoms with Crippen molar-refractivity contribution >= 4 is 0 Å². The molecule has 3 nitrogen and oxygen atoms in total. The Morgan fingerprint density at radius 1 is 1.25 bits per heavy atom. The smallest absolute Gasteiger partial charge is 0.0951 e. The van der Waals surface area contributed by atoms with E-state index >= 15 is 0 Å². The van der Waals surface area contributed by atoms with Crippen molar-refractivity contribution in [2.24, 2.45) is 0 Å². The average molecular weight is 173 g/mol. The van der Waals surface area contributed by atoms with Crippen LogP contribution in [0, 0.1) is 0 Å². The van der Waals surface area contributed by atoms with Crippen LogP contribution in [0.1, 0.15) is 32.6 Å². The first-order chi connectivity index (χ1) is 5.75. The zero-order valence-corrected chi connectivity index (χ0v) is 7.66. The Hall–Kier alpha value is -0.120. The van der Waals surface area contributed by atoms with Crippen LogP contribution in [0.15, 0.2) is 0 Å². The zero-order valence-electron chi connectivity index (χ0n) is 7.66. The van der Waals surface area contributed by atoms with Gasteiger partial charge in [-0.25, -0.2) is 0 Å². The third-order valence-electron chi connectivity index (χ3n) is 2.54. The fraction of sp³-hybridized carbons (Fsp3) is 1.00. The van der Waals surface area contributed by atoms with E-state index in [0.717, 1.165) is 32.2 Å². The summed E-state index contributed by atoms with van der Waals surface area (Å²) in [5, 5.41) is 22.3. The fourth-order valence-electron chi connectivity index (χ4n) is 1.81. The fourth-order valence-corrected chi connectivity index (χ4v) is 1.81. The van der Waals surface area contributed by atoms with E-state index < -0.39 is 12.2 Å². The van der Waals surface area contributed by atoms with E-state index in [0.29, 0.717) is 0 Å². The highest BCUT2D eigenvalue weighted by Gasteiger charge is 2.27. The zero-order chi connectivity index (χ0) is 8.97. The number of likely N-dealkylation sites (N-methyl/N-ethyl adjacent to an activating group) is 1. The van der Waals surface area contributed by atoms with Crippen molar-refractivity contribution in [3.05, 3.63) is 0 Å². The topological polar surface area (TPSA) is 52.5 Å². The van der Waals surface area contributed by atoms with Crippen LogP contribution >= 0.6 is 0 Å². The molecule has 3 atom stereocenters. The van der Waals surface area contributed by atoms with Gasteiger partial charge in [0, 0.05) is 6.04 Å². The van der Waals surface area contributed by atoms with Gasteiger partial charge in [0.05, 0.1) is 12.2 Å². The van der Waals surface area contributed by atoms with E-state index in [4.69, 9.17) is 0 Å². The summed E-state index contributed by atoms with van der Waals surface area (Å²) < 4.78 is 0. The Morgan fingerprint density at radius 3 is 2.58 bits per heavy atom. The predicted octanol–water partition coefficient (Wildman–Crippen LogP) is 0.260. The van der Waals surface area contributed by atoms with Crippen LogP contribution in [-0.4, -0.2) is 35.0 Å². The molecule has 0 aromatic heterocycles. The van der Waals surface area contributed by atoms with Crippen LogP contribution in [0.4, 0.5) is 0 Å². The van der Waals surface area contributed by atoms with Gasteiger partial charge in [-0.15, -0.1) is 0 Å². The monoisotopic (exact) mass is 173 g/mol. The van der Waals surface area contributed by atoms with Crippen molar-refractivity contribution in [3.8, 4) is 0 Å². The standard InChI is InChI=1S/C9H19NO2/c1-2-10-7-5-3-4-6-8(11)9(7)12/h7-12H,2-6H2,1H3/t7-,8+,9-/m0/s1. The normalized spacial score (nSPS) is 37.8. The quantitative estimate of drug-likeness (QED) is 0.525. The first-order valence-corrected chi connectivity index (χ1v) is 4.85. The van der Waals surface area contributed by atoms with E-state index in [2.05, 4.69) is 5.32 Å². The van der Waals surface area contributed by atoms with Gasteiger partial charge in [0.1, 0.15) is 0 Å². The molecule has 12 heavy (non-hydrogen) atoms. The first kappa shape index (κ1) is 9.96. The maximum Gasteiger partial charge on any atom is 0.0951 e. The number of hydrogen-bond donors (Lipinski definition) is 3.